The summed E-state index contributed by atoms with van der Waals surface area (Å²) < 4.78 is 19.6. The SMILES string of the molecule is COC1CCC(C2NCC3CC(C4CCNC4C4CCC(F)C(C)C4)CN32)CC1. The average molecular weight is 408 g/mol. The number of hydrogen-bond donors (Lipinski definition) is 2. The lowest BCUT2D eigenvalue weighted by Crippen LogP contribution is -2.46. The number of alkyl halides is 1. The molecular weight excluding hydrogens is 365 g/mol. The Hall–Kier alpha value is -0.230. The molecule has 0 aromatic heterocycles. The van der Waals surface area contributed by atoms with Crippen molar-refractivity contribution in [3.63, 3.8) is 0 Å². The quantitative estimate of drug-likeness (QED) is 0.747. The Labute approximate surface area is 176 Å². The lowest BCUT2D eigenvalue weighted by Gasteiger charge is -2.38. The molecule has 0 radical (unpaired) electrons. The standard InChI is InChI=1S/C24H42FN3O/c1-15-11-17(5-8-22(15)25)23-21(9-10-26-23)18-12-19-13-27-24(28(19)14-18)16-3-6-20(29-2)7-4-16/h15-24,26-27H,3-14H2,1-2H3. The monoisotopic (exact) mass is 407 g/mol. The summed E-state index contributed by atoms with van der Waals surface area (Å²) in [6.07, 6.45) is 11.2. The van der Waals surface area contributed by atoms with Crippen LogP contribution in [0.25, 0.3) is 0 Å². The molecule has 8 atom stereocenters. The molecule has 5 aliphatic rings. The van der Waals surface area contributed by atoms with Crippen LogP contribution < -0.4 is 10.6 Å². The number of halogens is 1. The van der Waals surface area contributed by atoms with Gasteiger partial charge in [0.05, 0.1) is 12.3 Å². The van der Waals surface area contributed by atoms with Crippen LogP contribution in [0.15, 0.2) is 0 Å². The largest absolute Gasteiger partial charge is 0.381 e. The molecule has 0 amide bonds. The lowest BCUT2D eigenvalue weighted by molar-refractivity contribution is 0.0349. The molecule has 166 valence electrons. The van der Waals surface area contributed by atoms with Crippen LogP contribution in [0.2, 0.25) is 0 Å². The van der Waals surface area contributed by atoms with Gasteiger partial charge in [-0.15, -0.1) is 0 Å². The summed E-state index contributed by atoms with van der Waals surface area (Å²) in [5, 5.41) is 7.76. The van der Waals surface area contributed by atoms with E-state index in [1.165, 1.54) is 58.2 Å². The second kappa shape index (κ2) is 8.72. The Morgan fingerprint density at radius 2 is 1.69 bits per heavy atom. The molecule has 29 heavy (non-hydrogen) atoms. The molecule has 5 rings (SSSR count). The molecule has 5 fully saturated rings. The maximum Gasteiger partial charge on any atom is 0.103 e. The molecule has 2 N–H and O–H groups in total. The zero-order chi connectivity index (χ0) is 20.0. The Bertz CT molecular complexity index is 554. The molecule has 3 aliphatic heterocycles. The molecule has 2 saturated carbocycles. The van der Waals surface area contributed by atoms with Gasteiger partial charge in [0.25, 0.3) is 0 Å². The smallest absolute Gasteiger partial charge is 0.103 e. The van der Waals surface area contributed by atoms with E-state index in [1.54, 1.807) is 0 Å². The van der Waals surface area contributed by atoms with Gasteiger partial charge in [-0.2, -0.15) is 0 Å². The molecule has 0 spiro atoms. The molecule has 2 aliphatic carbocycles. The third-order valence-corrected chi connectivity index (χ3v) is 9.45. The molecule has 3 saturated heterocycles. The second-order valence-electron chi connectivity index (χ2n) is 11.0. The summed E-state index contributed by atoms with van der Waals surface area (Å²) in [5.74, 6) is 3.37. The van der Waals surface area contributed by atoms with Crippen molar-refractivity contribution in [2.24, 2.45) is 29.6 Å². The first-order valence-electron chi connectivity index (χ1n) is 12.5. The van der Waals surface area contributed by atoms with Crippen LogP contribution in [0, 0.1) is 29.6 Å². The summed E-state index contributed by atoms with van der Waals surface area (Å²) in [7, 11) is 1.87. The first kappa shape index (κ1) is 20.7. The van der Waals surface area contributed by atoms with Crippen molar-refractivity contribution in [3.05, 3.63) is 0 Å². The highest BCUT2D eigenvalue weighted by atomic mass is 19.1. The van der Waals surface area contributed by atoms with Crippen LogP contribution in [0.1, 0.15) is 64.7 Å². The average Bonchev–Trinajstić information content (AvgIpc) is 3.45. The third kappa shape index (κ3) is 4.02. The predicted molar refractivity (Wildman–Crippen MR) is 114 cm³/mol. The summed E-state index contributed by atoms with van der Waals surface area (Å²) in [4.78, 5) is 2.85. The second-order valence-corrected chi connectivity index (χ2v) is 11.0. The highest BCUT2D eigenvalue weighted by Crippen LogP contribution is 2.44. The first-order valence-corrected chi connectivity index (χ1v) is 12.5. The number of ether oxygens (including phenoxy) is 1. The topological polar surface area (TPSA) is 36.5 Å². The van der Waals surface area contributed by atoms with Crippen LogP contribution >= 0.6 is 0 Å². The lowest BCUT2D eigenvalue weighted by atomic mass is 9.71. The number of fused-ring (bicyclic) bond motifs is 1. The van der Waals surface area contributed by atoms with E-state index in [2.05, 4.69) is 22.5 Å². The Morgan fingerprint density at radius 1 is 0.897 bits per heavy atom. The van der Waals surface area contributed by atoms with Gasteiger partial charge in [-0.25, -0.2) is 4.39 Å². The molecule has 3 heterocycles. The highest BCUT2D eigenvalue weighted by Gasteiger charge is 2.49. The van der Waals surface area contributed by atoms with E-state index >= 15 is 0 Å². The van der Waals surface area contributed by atoms with Gasteiger partial charge in [0.1, 0.15) is 6.17 Å². The van der Waals surface area contributed by atoms with Gasteiger partial charge in [0.15, 0.2) is 0 Å². The minimum Gasteiger partial charge on any atom is -0.381 e. The van der Waals surface area contributed by atoms with Gasteiger partial charge in [-0.1, -0.05) is 6.92 Å². The fourth-order valence-electron chi connectivity index (χ4n) is 7.80. The Balaban J connectivity index is 1.20. The first-order chi connectivity index (χ1) is 14.1. The van der Waals surface area contributed by atoms with Crippen molar-refractivity contribution in [2.45, 2.75) is 95.2 Å². The van der Waals surface area contributed by atoms with Gasteiger partial charge in [0, 0.05) is 32.3 Å². The van der Waals surface area contributed by atoms with Crippen molar-refractivity contribution in [1.29, 1.82) is 0 Å². The minimum absolute atomic E-state index is 0.249. The van der Waals surface area contributed by atoms with Crippen LogP contribution in [0.3, 0.4) is 0 Å². The van der Waals surface area contributed by atoms with Crippen LogP contribution in [0.5, 0.6) is 0 Å². The number of nitrogens with zero attached hydrogens (tertiary/aromatic N) is 1. The molecule has 0 aromatic rings. The van der Waals surface area contributed by atoms with Gasteiger partial charge < -0.3 is 10.1 Å². The number of methoxy groups -OCH3 is 1. The normalized spacial score (nSPS) is 51.4. The Kier molecular flexibility index (Phi) is 6.21. The predicted octanol–water partition coefficient (Wildman–Crippen LogP) is 3.56. The van der Waals surface area contributed by atoms with Gasteiger partial charge in [-0.3, -0.25) is 10.2 Å². The number of nitrogens with one attached hydrogen (secondary N) is 2. The van der Waals surface area contributed by atoms with Crippen LogP contribution in [0.4, 0.5) is 4.39 Å². The van der Waals surface area contributed by atoms with Crippen molar-refractivity contribution in [3.8, 4) is 0 Å². The Morgan fingerprint density at radius 3 is 2.45 bits per heavy atom. The molecule has 0 bridgehead atoms. The van der Waals surface area contributed by atoms with Crippen LogP contribution in [-0.4, -0.2) is 62.2 Å². The minimum atomic E-state index is -0.567. The number of rotatable bonds is 4. The van der Waals surface area contributed by atoms with Crippen molar-refractivity contribution < 1.29 is 9.13 Å². The summed E-state index contributed by atoms with van der Waals surface area (Å²) in [6.45, 7) is 5.76. The maximum atomic E-state index is 14.0. The van der Waals surface area contributed by atoms with E-state index in [-0.39, 0.29) is 5.92 Å². The van der Waals surface area contributed by atoms with Crippen molar-refractivity contribution >= 4 is 0 Å². The van der Waals surface area contributed by atoms with E-state index in [1.807, 2.05) is 7.11 Å². The maximum absolute atomic E-state index is 14.0. The van der Waals surface area contributed by atoms with Crippen molar-refractivity contribution in [1.82, 2.24) is 15.5 Å². The summed E-state index contributed by atoms with van der Waals surface area (Å²) in [6, 6.07) is 1.38. The number of hydrogen-bond acceptors (Lipinski definition) is 4. The molecule has 8 unspecified atom stereocenters. The van der Waals surface area contributed by atoms with E-state index in [4.69, 9.17) is 4.74 Å². The zero-order valence-electron chi connectivity index (χ0n) is 18.5. The van der Waals surface area contributed by atoms with E-state index in [0.29, 0.717) is 24.2 Å². The highest BCUT2D eigenvalue weighted by molar-refractivity contribution is 5.03. The molecule has 0 aromatic carbocycles. The molecule has 4 nitrogen and oxygen atoms in total. The fraction of sp³-hybridized carbons (Fsp3) is 1.00. The van der Waals surface area contributed by atoms with Crippen molar-refractivity contribution in [2.75, 3.05) is 26.7 Å². The van der Waals surface area contributed by atoms with Gasteiger partial charge >= 0.3 is 0 Å². The molecular formula is C24H42FN3O. The molecule has 5 heteroatoms. The van der Waals surface area contributed by atoms with Gasteiger partial charge in [0.2, 0.25) is 0 Å². The fourth-order valence-corrected chi connectivity index (χ4v) is 7.80. The summed E-state index contributed by atoms with van der Waals surface area (Å²) in [5.41, 5.74) is 0. The third-order valence-electron chi connectivity index (χ3n) is 9.45. The van der Waals surface area contributed by atoms with E-state index < -0.39 is 6.17 Å². The van der Waals surface area contributed by atoms with Gasteiger partial charge in [-0.05, 0) is 93.9 Å². The van der Waals surface area contributed by atoms with Crippen LogP contribution in [-0.2, 0) is 4.74 Å². The summed E-state index contributed by atoms with van der Waals surface area (Å²) >= 11 is 0. The van der Waals surface area contributed by atoms with E-state index in [0.717, 1.165) is 43.1 Å². The van der Waals surface area contributed by atoms with E-state index in [9.17, 15) is 4.39 Å². The zero-order valence-corrected chi connectivity index (χ0v) is 18.5.